The molecule has 0 aliphatic heterocycles. The smallest absolute Gasteiger partial charge is 0.378 e. The Balaban J connectivity index is 3.17. The fourth-order valence-electron chi connectivity index (χ4n) is 1.46. The van der Waals surface area contributed by atoms with Crippen LogP contribution in [0.3, 0.4) is 0 Å². The lowest BCUT2D eigenvalue weighted by Crippen LogP contribution is -2.13. The van der Waals surface area contributed by atoms with Gasteiger partial charge in [0.2, 0.25) is 0 Å². The van der Waals surface area contributed by atoms with Crippen molar-refractivity contribution in [2.75, 3.05) is 13.7 Å². The van der Waals surface area contributed by atoms with E-state index in [1.165, 1.54) is 12.1 Å². The van der Waals surface area contributed by atoms with E-state index in [2.05, 4.69) is 4.74 Å². The van der Waals surface area contributed by atoms with Crippen LogP contribution in [0.4, 0.5) is 5.69 Å². The zero-order valence-corrected chi connectivity index (χ0v) is 11.4. The van der Waals surface area contributed by atoms with Gasteiger partial charge in [-0.1, -0.05) is 0 Å². The van der Waals surface area contributed by atoms with Gasteiger partial charge in [-0.2, -0.15) is 0 Å². The third-order valence-electron chi connectivity index (χ3n) is 2.41. The van der Waals surface area contributed by atoms with Crippen LogP contribution in [0, 0.1) is 10.1 Å². The first-order valence-corrected chi connectivity index (χ1v) is 5.85. The molecular weight excluding hydrogens is 282 g/mol. The van der Waals surface area contributed by atoms with Crippen molar-refractivity contribution in [3.8, 4) is 5.75 Å². The number of carbonyl (C=O) groups is 2. The van der Waals surface area contributed by atoms with E-state index in [-0.39, 0.29) is 23.6 Å². The molecule has 0 atom stereocenters. The number of aliphatic hydroxyl groups excluding tert-OH is 1. The molecule has 0 unspecified atom stereocenters. The molecule has 0 fully saturated rings. The molecule has 0 amide bonds. The molecular formula is C13H13NO7. The molecule has 0 saturated carbocycles. The summed E-state index contributed by atoms with van der Waals surface area (Å²) in [6, 6.07) is 3.67. The van der Waals surface area contributed by atoms with E-state index in [1.807, 2.05) is 0 Å². The molecule has 8 nitrogen and oxygen atoms in total. The van der Waals surface area contributed by atoms with E-state index >= 15 is 0 Å². The van der Waals surface area contributed by atoms with E-state index in [0.717, 1.165) is 13.2 Å². The fraction of sp³-hybridized carbons (Fsp3) is 0.231. The van der Waals surface area contributed by atoms with Crippen LogP contribution in [-0.4, -0.2) is 35.5 Å². The van der Waals surface area contributed by atoms with Crippen molar-refractivity contribution in [3.05, 3.63) is 40.0 Å². The summed E-state index contributed by atoms with van der Waals surface area (Å²) in [5.74, 6) is -2.77. The van der Waals surface area contributed by atoms with Gasteiger partial charge < -0.3 is 14.6 Å². The normalized spacial score (nSPS) is 10.9. The average Bonchev–Trinajstić information content (AvgIpc) is 2.46. The number of rotatable bonds is 6. The van der Waals surface area contributed by atoms with Crippen molar-refractivity contribution < 1.29 is 29.1 Å². The number of hydrogen-bond acceptors (Lipinski definition) is 7. The van der Waals surface area contributed by atoms with Crippen LogP contribution < -0.4 is 4.74 Å². The second-order valence-electron chi connectivity index (χ2n) is 3.76. The molecule has 0 aliphatic rings. The van der Waals surface area contributed by atoms with Gasteiger partial charge in [-0.15, -0.1) is 0 Å². The Bertz CT molecular complexity index is 607. The first kappa shape index (κ1) is 16.2. The molecule has 1 aromatic rings. The number of hydrogen-bond donors (Lipinski definition) is 1. The topological polar surface area (TPSA) is 116 Å². The highest BCUT2D eigenvalue weighted by atomic mass is 16.6. The van der Waals surface area contributed by atoms with Crippen LogP contribution >= 0.6 is 0 Å². The number of methoxy groups -OCH3 is 1. The number of benzene rings is 1. The maximum absolute atomic E-state index is 11.3. The fourth-order valence-corrected chi connectivity index (χ4v) is 1.46. The standard InChI is InChI=1S/C13H13NO7/c1-3-21-12-5-4-8(6-9(12)14(18)19)10(15)7-11(16)13(17)20-2/h4-7,15H,3H2,1-2H3/b10-7-. The number of ether oxygens (including phenoxy) is 2. The first-order chi connectivity index (χ1) is 9.90. The molecule has 0 spiro atoms. The summed E-state index contributed by atoms with van der Waals surface area (Å²) in [5.41, 5.74) is -0.359. The Kier molecular flexibility index (Phi) is 5.41. The van der Waals surface area contributed by atoms with E-state index < -0.39 is 22.4 Å². The SMILES string of the molecule is CCOc1ccc(/C(O)=C/C(=O)C(=O)OC)cc1[N+](=O)[O-]. The molecule has 8 heteroatoms. The molecule has 1 N–H and O–H groups in total. The summed E-state index contributed by atoms with van der Waals surface area (Å²) in [6.45, 7) is 1.91. The van der Waals surface area contributed by atoms with Crippen molar-refractivity contribution in [2.24, 2.45) is 0 Å². The lowest BCUT2D eigenvalue weighted by molar-refractivity contribution is -0.385. The quantitative estimate of drug-likeness (QED) is 0.212. The molecule has 0 aliphatic carbocycles. The third-order valence-corrected chi connectivity index (χ3v) is 2.41. The average molecular weight is 295 g/mol. The lowest BCUT2D eigenvalue weighted by Gasteiger charge is -2.06. The van der Waals surface area contributed by atoms with Crippen molar-refractivity contribution in [2.45, 2.75) is 6.92 Å². The van der Waals surface area contributed by atoms with Crippen molar-refractivity contribution >= 4 is 23.2 Å². The predicted molar refractivity (Wildman–Crippen MR) is 71.9 cm³/mol. The van der Waals surface area contributed by atoms with Gasteiger partial charge in [0, 0.05) is 17.7 Å². The highest BCUT2D eigenvalue weighted by Crippen LogP contribution is 2.29. The Hall–Kier alpha value is -2.90. The molecule has 0 saturated heterocycles. The van der Waals surface area contributed by atoms with Gasteiger partial charge >= 0.3 is 11.7 Å². The molecule has 0 aromatic heterocycles. The van der Waals surface area contributed by atoms with Crippen LogP contribution in [-0.2, 0) is 14.3 Å². The van der Waals surface area contributed by atoms with E-state index in [0.29, 0.717) is 6.08 Å². The Morgan fingerprint density at radius 2 is 2.10 bits per heavy atom. The van der Waals surface area contributed by atoms with Gasteiger partial charge in [-0.25, -0.2) is 4.79 Å². The summed E-state index contributed by atoms with van der Waals surface area (Å²) < 4.78 is 9.28. The highest BCUT2D eigenvalue weighted by Gasteiger charge is 2.18. The Morgan fingerprint density at radius 1 is 1.43 bits per heavy atom. The first-order valence-electron chi connectivity index (χ1n) is 5.85. The Morgan fingerprint density at radius 3 is 2.62 bits per heavy atom. The van der Waals surface area contributed by atoms with Gasteiger partial charge in [-0.05, 0) is 19.1 Å². The summed E-state index contributed by atoms with van der Waals surface area (Å²) >= 11 is 0. The van der Waals surface area contributed by atoms with Crippen LogP contribution in [0.1, 0.15) is 12.5 Å². The highest BCUT2D eigenvalue weighted by molar-refractivity contribution is 6.39. The molecule has 112 valence electrons. The van der Waals surface area contributed by atoms with Gasteiger partial charge in [0.1, 0.15) is 5.76 Å². The van der Waals surface area contributed by atoms with Crippen molar-refractivity contribution in [3.63, 3.8) is 0 Å². The summed E-state index contributed by atoms with van der Waals surface area (Å²) in [6.07, 6.45) is 0.630. The molecule has 1 aromatic carbocycles. The summed E-state index contributed by atoms with van der Waals surface area (Å²) in [7, 11) is 1.02. The largest absolute Gasteiger partial charge is 0.507 e. The molecule has 1 rings (SSSR count). The van der Waals surface area contributed by atoms with Gasteiger partial charge in [0.25, 0.3) is 5.78 Å². The van der Waals surface area contributed by atoms with Crippen LogP contribution in [0.15, 0.2) is 24.3 Å². The van der Waals surface area contributed by atoms with Gasteiger partial charge in [0.05, 0.1) is 18.6 Å². The maximum atomic E-state index is 11.3. The molecule has 0 bridgehead atoms. The van der Waals surface area contributed by atoms with Crippen molar-refractivity contribution in [1.82, 2.24) is 0 Å². The monoisotopic (exact) mass is 295 g/mol. The van der Waals surface area contributed by atoms with Gasteiger partial charge in [-0.3, -0.25) is 14.9 Å². The molecule has 0 radical (unpaired) electrons. The van der Waals surface area contributed by atoms with Gasteiger partial charge in [0.15, 0.2) is 5.75 Å². The lowest BCUT2D eigenvalue weighted by atomic mass is 10.1. The van der Waals surface area contributed by atoms with E-state index in [9.17, 15) is 24.8 Å². The summed E-state index contributed by atoms with van der Waals surface area (Å²) in [4.78, 5) is 32.5. The number of esters is 1. The number of ketones is 1. The van der Waals surface area contributed by atoms with Crippen LogP contribution in [0.5, 0.6) is 5.75 Å². The minimum absolute atomic E-state index is 0.00223. The van der Waals surface area contributed by atoms with Crippen LogP contribution in [0.25, 0.3) is 5.76 Å². The second kappa shape index (κ2) is 7.04. The van der Waals surface area contributed by atoms with Crippen molar-refractivity contribution in [1.29, 1.82) is 0 Å². The summed E-state index contributed by atoms with van der Waals surface area (Å²) in [5, 5.41) is 20.7. The number of carbonyl (C=O) groups excluding carboxylic acids is 2. The Labute approximate surface area is 119 Å². The number of aliphatic hydroxyl groups is 1. The number of nitro benzene ring substituents is 1. The number of nitrogens with zero attached hydrogens (tertiary/aromatic N) is 1. The second-order valence-corrected chi connectivity index (χ2v) is 3.76. The maximum Gasteiger partial charge on any atom is 0.378 e. The predicted octanol–water partition coefficient (Wildman–Crippen LogP) is 1.63. The zero-order chi connectivity index (χ0) is 16.0. The third kappa shape index (κ3) is 4.03. The van der Waals surface area contributed by atoms with E-state index in [4.69, 9.17) is 4.74 Å². The minimum atomic E-state index is -1.15. The van der Waals surface area contributed by atoms with E-state index in [1.54, 1.807) is 6.92 Å². The molecule has 21 heavy (non-hydrogen) atoms. The van der Waals surface area contributed by atoms with Crippen LogP contribution in [0.2, 0.25) is 0 Å². The minimum Gasteiger partial charge on any atom is -0.507 e. The number of nitro groups is 1. The zero-order valence-electron chi connectivity index (χ0n) is 11.4. The molecule has 0 heterocycles.